The molecule has 1 aliphatic rings. The molecule has 0 saturated carbocycles. The minimum absolute atomic E-state index is 0.207. The van der Waals surface area contributed by atoms with Gasteiger partial charge < -0.3 is 34.5 Å². The number of nitrogens with zero attached hydrogens (tertiary/aromatic N) is 1. The van der Waals surface area contributed by atoms with Crippen molar-refractivity contribution in [1.29, 1.82) is 0 Å². The summed E-state index contributed by atoms with van der Waals surface area (Å²) in [7, 11) is -16.8. The van der Waals surface area contributed by atoms with Crippen LogP contribution in [-0.4, -0.2) is 64.3 Å². The van der Waals surface area contributed by atoms with Gasteiger partial charge >= 0.3 is 29.2 Å². The van der Waals surface area contributed by atoms with Gasteiger partial charge in [0.25, 0.3) is 5.56 Å². The maximum absolute atomic E-state index is 12.2. The lowest BCUT2D eigenvalue weighted by molar-refractivity contribution is -0.0543. The molecule has 2 unspecified atom stereocenters. The van der Waals surface area contributed by atoms with Gasteiger partial charge in [-0.15, -0.1) is 0 Å². The first kappa shape index (κ1) is 28.2. The summed E-state index contributed by atoms with van der Waals surface area (Å²) in [5.41, 5.74) is -1.40. The fraction of sp³-hybridized carbons (Fsp3) is 0.692. The Morgan fingerprint density at radius 1 is 1.06 bits per heavy atom. The van der Waals surface area contributed by atoms with Crippen molar-refractivity contribution in [2.75, 3.05) is 6.61 Å². The number of phosphoric acid groups is 3. The molecule has 17 nitrogen and oxygen atoms in total. The predicted molar refractivity (Wildman–Crippen MR) is 106 cm³/mol. The van der Waals surface area contributed by atoms with Gasteiger partial charge in [0, 0.05) is 11.8 Å². The number of aryl methyl sites for hydroxylation is 1. The van der Waals surface area contributed by atoms with Crippen molar-refractivity contribution in [2.24, 2.45) is 0 Å². The molecule has 1 aliphatic heterocycles. The second-order valence-corrected chi connectivity index (χ2v) is 11.3. The van der Waals surface area contributed by atoms with Crippen molar-refractivity contribution < 1.29 is 61.4 Å². The van der Waals surface area contributed by atoms with Crippen LogP contribution in [0, 0.1) is 0 Å². The maximum Gasteiger partial charge on any atom is 0.490 e. The van der Waals surface area contributed by atoms with Gasteiger partial charge in [-0.25, -0.2) is 18.5 Å². The highest BCUT2D eigenvalue weighted by Gasteiger charge is 2.46. The maximum atomic E-state index is 12.2. The molecule has 1 fully saturated rings. The molecule has 0 radical (unpaired) electrons. The Morgan fingerprint density at radius 2 is 1.70 bits per heavy atom. The van der Waals surface area contributed by atoms with Crippen LogP contribution in [0.15, 0.2) is 15.8 Å². The van der Waals surface area contributed by atoms with E-state index in [1.54, 1.807) is 0 Å². The normalized spacial score (nSPS) is 27.2. The molecule has 33 heavy (non-hydrogen) atoms. The zero-order valence-electron chi connectivity index (χ0n) is 16.9. The molecule has 20 heteroatoms. The van der Waals surface area contributed by atoms with Crippen molar-refractivity contribution in [3.8, 4) is 0 Å². The number of unbranched alkanes of at least 4 members (excludes halogenated alkanes) is 1. The van der Waals surface area contributed by atoms with E-state index < -0.39 is 65.9 Å². The Morgan fingerprint density at radius 3 is 2.27 bits per heavy atom. The highest BCUT2D eigenvalue weighted by atomic mass is 31.3. The van der Waals surface area contributed by atoms with Gasteiger partial charge in [-0.05, 0) is 12.8 Å². The molecule has 1 aromatic rings. The fourth-order valence-corrected chi connectivity index (χ4v) is 5.86. The molecule has 6 atom stereocenters. The van der Waals surface area contributed by atoms with Crippen LogP contribution in [0.25, 0.3) is 0 Å². The van der Waals surface area contributed by atoms with Crippen molar-refractivity contribution >= 4 is 23.5 Å². The lowest BCUT2D eigenvalue weighted by atomic mass is 10.1. The van der Waals surface area contributed by atoms with E-state index in [1.165, 1.54) is 0 Å². The molecule has 0 bridgehead atoms. The number of phosphoric ester groups is 1. The standard InChI is InChI=1S/C13H23N2O15P3/c1-2-3-4-7-5-15(13(19)14-11(7)18)12-10(17)9(16)8(28-12)6-27-32(23,24)30-33(25,26)29-31(20,21)22/h5,8-10,12,16-17H,2-4,6H2,1H3,(H,23,24)(H,25,26)(H,14,18,19)(H2,20,21,22)/t8-,9-,10+,12-/m1/s1. The molecule has 0 aromatic carbocycles. The Bertz CT molecular complexity index is 1100. The van der Waals surface area contributed by atoms with Gasteiger partial charge in [0.1, 0.15) is 18.3 Å². The van der Waals surface area contributed by atoms with Crippen molar-refractivity contribution in [1.82, 2.24) is 9.55 Å². The lowest BCUT2D eigenvalue weighted by Gasteiger charge is -2.19. The summed E-state index contributed by atoms with van der Waals surface area (Å²) in [6.07, 6.45) is -3.84. The summed E-state index contributed by atoms with van der Waals surface area (Å²) in [4.78, 5) is 61.7. The molecule has 2 heterocycles. The summed E-state index contributed by atoms with van der Waals surface area (Å²) in [6.45, 7) is 0.839. The average Bonchev–Trinajstić information content (AvgIpc) is 2.91. The van der Waals surface area contributed by atoms with E-state index in [1.807, 2.05) is 6.92 Å². The highest BCUT2D eigenvalue weighted by molar-refractivity contribution is 7.66. The number of nitrogens with one attached hydrogen (secondary N) is 1. The molecular formula is C13H23N2O15P3. The fourth-order valence-electron chi connectivity index (χ4n) is 2.83. The number of aliphatic hydroxyl groups is 2. The Labute approximate surface area is 185 Å². The molecule has 1 saturated heterocycles. The lowest BCUT2D eigenvalue weighted by Crippen LogP contribution is -2.39. The van der Waals surface area contributed by atoms with Gasteiger partial charge in [0.2, 0.25) is 0 Å². The molecule has 1 aromatic heterocycles. The second kappa shape index (κ2) is 10.7. The van der Waals surface area contributed by atoms with Crippen LogP contribution in [0.1, 0.15) is 31.6 Å². The Balaban J connectivity index is 2.13. The predicted octanol–water partition coefficient (Wildman–Crippen LogP) is -1.16. The monoisotopic (exact) mass is 540 g/mol. The zero-order chi connectivity index (χ0) is 25.2. The van der Waals surface area contributed by atoms with E-state index in [9.17, 15) is 38.4 Å². The van der Waals surface area contributed by atoms with Crippen molar-refractivity contribution in [2.45, 2.75) is 50.7 Å². The summed E-state index contributed by atoms with van der Waals surface area (Å²) in [5, 5.41) is 20.4. The Hall–Kier alpha value is -1.03. The topological polar surface area (TPSA) is 264 Å². The van der Waals surface area contributed by atoms with Crippen LogP contribution < -0.4 is 11.2 Å². The minimum atomic E-state index is -5.74. The summed E-state index contributed by atoms with van der Waals surface area (Å²) < 4.78 is 51.3. The first-order valence-electron chi connectivity index (χ1n) is 9.19. The summed E-state index contributed by atoms with van der Waals surface area (Å²) in [6, 6.07) is 0. The van der Waals surface area contributed by atoms with Gasteiger partial charge in [-0.2, -0.15) is 8.62 Å². The smallest absolute Gasteiger partial charge is 0.387 e. The van der Waals surface area contributed by atoms with E-state index in [0.717, 1.165) is 17.2 Å². The van der Waals surface area contributed by atoms with Crippen molar-refractivity contribution in [3.05, 3.63) is 32.6 Å². The van der Waals surface area contributed by atoms with Gasteiger partial charge in [-0.1, -0.05) is 13.3 Å². The van der Waals surface area contributed by atoms with Crippen LogP contribution >= 0.6 is 23.5 Å². The molecule has 0 spiro atoms. The zero-order valence-corrected chi connectivity index (χ0v) is 19.5. The number of aliphatic hydroxyl groups excluding tert-OH is 2. The quantitative estimate of drug-likeness (QED) is 0.163. The van der Waals surface area contributed by atoms with Crippen LogP contribution in [0.2, 0.25) is 0 Å². The SMILES string of the molecule is CCCCc1cn([C@@H]2O[C@H](COP(=O)(O)OP(=O)(O)OP(=O)(O)O)[C@@H](O)[C@@H]2O)c(=O)[nH]c1=O. The number of aromatic amines is 1. The largest absolute Gasteiger partial charge is 0.490 e. The first-order valence-corrected chi connectivity index (χ1v) is 13.7. The van der Waals surface area contributed by atoms with E-state index in [-0.39, 0.29) is 5.56 Å². The van der Waals surface area contributed by atoms with Gasteiger partial charge in [-0.3, -0.25) is 18.9 Å². The molecule has 0 amide bonds. The minimum Gasteiger partial charge on any atom is -0.387 e. The van der Waals surface area contributed by atoms with E-state index >= 15 is 0 Å². The highest BCUT2D eigenvalue weighted by Crippen LogP contribution is 2.66. The van der Waals surface area contributed by atoms with Crippen LogP contribution in [0.3, 0.4) is 0 Å². The summed E-state index contributed by atoms with van der Waals surface area (Å²) in [5.74, 6) is 0. The molecule has 190 valence electrons. The first-order chi connectivity index (χ1) is 15.1. The second-order valence-electron chi connectivity index (χ2n) is 6.86. The molecule has 7 N–H and O–H groups in total. The number of ether oxygens (including phenoxy) is 1. The summed E-state index contributed by atoms with van der Waals surface area (Å²) >= 11 is 0. The van der Waals surface area contributed by atoms with Crippen LogP contribution in [0.5, 0.6) is 0 Å². The van der Waals surface area contributed by atoms with E-state index in [2.05, 4.69) is 18.1 Å². The molecule has 0 aliphatic carbocycles. The number of H-pyrrole nitrogens is 1. The average molecular weight is 540 g/mol. The number of aromatic nitrogens is 2. The van der Waals surface area contributed by atoms with Gasteiger partial charge in [0.15, 0.2) is 6.23 Å². The third-order valence-electron chi connectivity index (χ3n) is 4.27. The number of rotatable bonds is 11. The van der Waals surface area contributed by atoms with E-state index in [0.29, 0.717) is 12.8 Å². The van der Waals surface area contributed by atoms with Crippen LogP contribution in [-0.2, 0) is 38.0 Å². The number of hydrogen-bond acceptors (Lipinski definition) is 11. The molecular weight excluding hydrogens is 517 g/mol. The third kappa shape index (κ3) is 8.01. The molecule has 2 rings (SSSR count). The Kier molecular flexibility index (Phi) is 9.15. The van der Waals surface area contributed by atoms with Crippen molar-refractivity contribution in [3.63, 3.8) is 0 Å². The van der Waals surface area contributed by atoms with E-state index in [4.69, 9.17) is 19.4 Å². The van der Waals surface area contributed by atoms with Crippen LogP contribution in [0.4, 0.5) is 0 Å². The van der Waals surface area contributed by atoms with Gasteiger partial charge in [0.05, 0.1) is 6.61 Å². The number of hydrogen-bond donors (Lipinski definition) is 7. The third-order valence-corrected chi connectivity index (χ3v) is 8.07.